The van der Waals surface area contributed by atoms with Gasteiger partial charge in [-0.2, -0.15) is 0 Å². The van der Waals surface area contributed by atoms with Crippen LogP contribution in [0.15, 0.2) is 0 Å². The van der Waals surface area contributed by atoms with Gasteiger partial charge >= 0.3 is 35.5 Å². The number of hydrogen-bond acceptors (Lipinski definition) is 4. The summed E-state index contributed by atoms with van der Waals surface area (Å²) >= 11 is 0. The van der Waals surface area contributed by atoms with Gasteiger partial charge in [0.15, 0.2) is 0 Å². The van der Waals surface area contributed by atoms with Crippen molar-refractivity contribution in [2.45, 2.75) is 141 Å². The number of Topliss-reactive ketones (excluding diaryl/α,β-unsaturated/α-hetero) is 1. The second-order valence-corrected chi connectivity index (χ2v) is 9.03. The SMILES string of the molecule is CCCCCCCCCCCCCCCCCCC(C)(O)C(=O)C(C)(O)C(=O)O.[H-].[Na+]. The molecule has 0 spiro atoms. The Kier molecular flexibility index (Phi) is 20.0. The van der Waals surface area contributed by atoms with Gasteiger partial charge < -0.3 is 16.7 Å². The van der Waals surface area contributed by atoms with Gasteiger partial charge in [-0.05, 0) is 20.3 Å². The van der Waals surface area contributed by atoms with Crippen LogP contribution in [-0.2, 0) is 9.59 Å². The molecule has 2 atom stereocenters. The molecule has 2 unspecified atom stereocenters. The molecule has 0 aliphatic carbocycles. The topological polar surface area (TPSA) is 94.8 Å². The fourth-order valence-corrected chi connectivity index (χ4v) is 3.75. The van der Waals surface area contributed by atoms with Gasteiger partial charge in [0.25, 0.3) is 0 Å². The molecule has 0 rings (SSSR count). The Hall–Kier alpha value is 0.0600. The van der Waals surface area contributed by atoms with Crippen molar-refractivity contribution in [3.8, 4) is 0 Å². The van der Waals surface area contributed by atoms with E-state index in [-0.39, 0.29) is 37.4 Å². The third-order valence-electron chi connectivity index (χ3n) is 5.86. The van der Waals surface area contributed by atoms with Gasteiger partial charge in [0.2, 0.25) is 11.4 Å². The summed E-state index contributed by atoms with van der Waals surface area (Å²) in [6, 6.07) is 0. The zero-order valence-corrected chi connectivity index (χ0v) is 22.2. The second-order valence-electron chi connectivity index (χ2n) is 9.03. The van der Waals surface area contributed by atoms with E-state index >= 15 is 0 Å². The summed E-state index contributed by atoms with van der Waals surface area (Å²) in [6.07, 6.45) is 20.1. The zero-order valence-electron chi connectivity index (χ0n) is 21.2. The molecule has 0 aromatic heterocycles. The quantitative estimate of drug-likeness (QED) is 0.154. The van der Waals surface area contributed by atoms with E-state index in [1.165, 1.54) is 84.0 Å². The number of carboxylic acid groups (broad SMARTS) is 1. The van der Waals surface area contributed by atoms with Crippen LogP contribution in [0.5, 0.6) is 0 Å². The first-order chi connectivity index (χ1) is 13.7. The first-order valence-corrected chi connectivity index (χ1v) is 11.9. The van der Waals surface area contributed by atoms with Crippen LogP contribution in [0.1, 0.15) is 131 Å². The summed E-state index contributed by atoms with van der Waals surface area (Å²) in [5, 5.41) is 28.8. The van der Waals surface area contributed by atoms with Crippen molar-refractivity contribution in [1.82, 2.24) is 0 Å². The smallest absolute Gasteiger partial charge is 1.00 e. The molecule has 0 saturated carbocycles. The minimum Gasteiger partial charge on any atom is -1.00 e. The summed E-state index contributed by atoms with van der Waals surface area (Å²) < 4.78 is 0. The normalized spacial score (nSPS) is 15.1. The molecular formula is C24H47NaO5. The number of carbonyl (C=O) groups is 2. The van der Waals surface area contributed by atoms with Crippen LogP contribution in [0.3, 0.4) is 0 Å². The van der Waals surface area contributed by atoms with E-state index in [4.69, 9.17) is 5.11 Å². The maximum absolute atomic E-state index is 12.0. The predicted octanol–water partition coefficient (Wildman–Crippen LogP) is 2.91. The molecule has 174 valence electrons. The van der Waals surface area contributed by atoms with Gasteiger partial charge in [-0.3, -0.25) is 4.79 Å². The molecule has 0 heterocycles. The van der Waals surface area contributed by atoms with E-state index in [9.17, 15) is 19.8 Å². The maximum Gasteiger partial charge on any atom is 1.00 e. The van der Waals surface area contributed by atoms with Crippen molar-refractivity contribution in [2.24, 2.45) is 0 Å². The van der Waals surface area contributed by atoms with Gasteiger partial charge in [0.1, 0.15) is 5.60 Å². The summed E-state index contributed by atoms with van der Waals surface area (Å²) in [5.41, 5.74) is -4.35. The van der Waals surface area contributed by atoms with Crippen LogP contribution in [0, 0.1) is 0 Å². The first kappa shape index (κ1) is 32.2. The minimum absolute atomic E-state index is 0. The van der Waals surface area contributed by atoms with Crippen molar-refractivity contribution in [3.05, 3.63) is 0 Å². The average Bonchev–Trinajstić information content (AvgIpc) is 2.66. The third kappa shape index (κ3) is 15.0. The second kappa shape index (κ2) is 18.6. The molecule has 0 fully saturated rings. The van der Waals surface area contributed by atoms with Gasteiger partial charge in [-0.25, -0.2) is 4.79 Å². The van der Waals surface area contributed by atoms with E-state index in [2.05, 4.69) is 6.92 Å². The fraction of sp³-hybridized carbons (Fsp3) is 0.917. The first-order valence-electron chi connectivity index (χ1n) is 11.9. The Morgan fingerprint density at radius 1 is 0.667 bits per heavy atom. The molecule has 6 heteroatoms. The van der Waals surface area contributed by atoms with Crippen LogP contribution in [0.25, 0.3) is 0 Å². The molecule has 3 N–H and O–H groups in total. The van der Waals surface area contributed by atoms with Crippen molar-refractivity contribution in [3.63, 3.8) is 0 Å². The van der Waals surface area contributed by atoms with Crippen molar-refractivity contribution >= 4 is 11.8 Å². The third-order valence-corrected chi connectivity index (χ3v) is 5.86. The number of carbonyl (C=O) groups excluding carboxylic acids is 1. The molecule has 0 amide bonds. The van der Waals surface area contributed by atoms with Gasteiger partial charge in [-0.1, -0.05) is 110 Å². The molecule has 0 radical (unpaired) electrons. The number of rotatable bonds is 20. The van der Waals surface area contributed by atoms with Gasteiger partial charge in [0, 0.05) is 0 Å². The van der Waals surface area contributed by atoms with Crippen LogP contribution < -0.4 is 29.6 Å². The van der Waals surface area contributed by atoms with Crippen molar-refractivity contribution < 1.29 is 55.9 Å². The summed E-state index contributed by atoms with van der Waals surface area (Å²) in [7, 11) is 0. The Balaban J connectivity index is -0.00000392. The number of ketones is 1. The predicted molar refractivity (Wildman–Crippen MR) is 119 cm³/mol. The Bertz CT molecular complexity index is 455. The Morgan fingerprint density at radius 3 is 1.27 bits per heavy atom. The molecule has 0 aromatic rings. The van der Waals surface area contributed by atoms with Gasteiger partial charge in [0.05, 0.1) is 0 Å². The molecule has 30 heavy (non-hydrogen) atoms. The molecule has 0 bridgehead atoms. The Morgan fingerprint density at radius 2 is 0.967 bits per heavy atom. The molecule has 5 nitrogen and oxygen atoms in total. The number of unbranched alkanes of at least 4 members (excludes halogenated alkanes) is 15. The monoisotopic (exact) mass is 438 g/mol. The van der Waals surface area contributed by atoms with Crippen LogP contribution >= 0.6 is 0 Å². The Labute approximate surface area is 208 Å². The summed E-state index contributed by atoms with van der Waals surface area (Å²) in [6.45, 7) is 4.46. The zero-order chi connectivity index (χ0) is 22.2. The van der Waals surface area contributed by atoms with Crippen LogP contribution in [0.4, 0.5) is 0 Å². The van der Waals surface area contributed by atoms with Crippen LogP contribution in [0.2, 0.25) is 0 Å². The van der Waals surface area contributed by atoms with E-state index in [1.807, 2.05) is 0 Å². The largest absolute Gasteiger partial charge is 1.00 e. The van der Waals surface area contributed by atoms with E-state index < -0.39 is 23.0 Å². The standard InChI is InChI=1S/C24H46O5.Na.H/c1-4-5-6-7-8-9-10-11-12-13-14-15-16-17-18-19-20-23(2,28)21(25)24(3,29)22(26)27;;/h28-29H,4-20H2,1-3H3,(H,26,27);;/q;+1;-1. The number of hydrogen-bond donors (Lipinski definition) is 3. The molecule has 0 aliphatic rings. The minimum atomic E-state index is -2.54. The molecular weight excluding hydrogens is 391 g/mol. The number of aliphatic carboxylic acids is 1. The molecule has 0 aliphatic heterocycles. The van der Waals surface area contributed by atoms with E-state index in [0.29, 0.717) is 6.42 Å². The van der Waals surface area contributed by atoms with Crippen LogP contribution in [-0.4, -0.2) is 38.3 Å². The number of carboxylic acids is 1. The summed E-state index contributed by atoms with van der Waals surface area (Å²) in [5.74, 6) is -2.67. The summed E-state index contributed by atoms with van der Waals surface area (Å²) in [4.78, 5) is 23.0. The average molecular weight is 439 g/mol. The van der Waals surface area contributed by atoms with E-state index in [1.54, 1.807) is 0 Å². The van der Waals surface area contributed by atoms with Crippen molar-refractivity contribution in [1.29, 1.82) is 0 Å². The molecule has 0 aromatic carbocycles. The number of aliphatic hydroxyl groups is 2. The maximum atomic E-state index is 12.0. The van der Waals surface area contributed by atoms with Crippen molar-refractivity contribution in [2.75, 3.05) is 0 Å². The van der Waals surface area contributed by atoms with E-state index in [0.717, 1.165) is 26.2 Å². The van der Waals surface area contributed by atoms with Gasteiger partial charge in [-0.15, -0.1) is 0 Å². The fourth-order valence-electron chi connectivity index (χ4n) is 3.75. The molecule has 0 saturated heterocycles.